The second kappa shape index (κ2) is 6.99. The highest BCUT2D eigenvalue weighted by molar-refractivity contribution is 7.18. The summed E-state index contributed by atoms with van der Waals surface area (Å²) >= 11 is 7.71. The molecular weight excluding hydrogens is 314 g/mol. The van der Waals surface area contributed by atoms with Crippen LogP contribution in [0, 0.1) is 0 Å². The summed E-state index contributed by atoms with van der Waals surface area (Å²) in [4.78, 5) is 3.61. The Morgan fingerprint density at radius 1 is 1.36 bits per heavy atom. The summed E-state index contributed by atoms with van der Waals surface area (Å²) in [6.07, 6.45) is 7.62. The van der Waals surface area contributed by atoms with Gasteiger partial charge in [0.05, 0.1) is 15.3 Å². The number of hydrogen-bond acceptors (Lipinski definition) is 4. The van der Waals surface area contributed by atoms with Gasteiger partial charge in [-0.3, -0.25) is 5.01 Å². The van der Waals surface area contributed by atoms with Gasteiger partial charge in [0, 0.05) is 18.7 Å². The standard InChI is InChI=1S/C17H22ClN3S/c1-3-20(4-2)11-12-21-14-8-6-5-7-13(14)17(19-21)15-9-10-16(18)22-15/h5-7,9-10,14H,3-4,8,11-12H2,1-2H3. The number of allylic oxidation sites excluding steroid dienone is 2. The molecule has 1 aliphatic heterocycles. The average Bonchev–Trinajstić information content (AvgIpc) is 3.12. The van der Waals surface area contributed by atoms with Crippen molar-refractivity contribution in [2.45, 2.75) is 26.3 Å². The third kappa shape index (κ3) is 3.14. The van der Waals surface area contributed by atoms with Crippen molar-refractivity contribution >= 4 is 28.6 Å². The number of rotatable bonds is 6. The van der Waals surface area contributed by atoms with Gasteiger partial charge < -0.3 is 4.90 Å². The maximum Gasteiger partial charge on any atom is 0.106 e. The third-order valence-electron chi connectivity index (χ3n) is 4.34. The molecule has 1 unspecified atom stereocenters. The van der Waals surface area contributed by atoms with E-state index in [0.29, 0.717) is 6.04 Å². The van der Waals surface area contributed by atoms with Gasteiger partial charge in [-0.25, -0.2) is 0 Å². The number of fused-ring (bicyclic) bond motifs is 1. The Kier molecular flexibility index (Phi) is 5.01. The first-order chi connectivity index (χ1) is 10.7. The van der Waals surface area contributed by atoms with E-state index in [1.165, 1.54) is 10.5 Å². The number of hydrazone groups is 1. The lowest BCUT2D eigenvalue weighted by atomic mass is 9.95. The van der Waals surface area contributed by atoms with E-state index in [0.717, 1.165) is 42.6 Å². The number of nitrogens with zero attached hydrogens (tertiary/aromatic N) is 3. The molecule has 3 nitrogen and oxygen atoms in total. The van der Waals surface area contributed by atoms with Crippen LogP contribution in [-0.2, 0) is 0 Å². The van der Waals surface area contributed by atoms with E-state index in [2.05, 4.69) is 48.1 Å². The van der Waals surface area contributed by atoms with Crippen LogP contribution in [0.4, 0.5) is 0 Å². The van der Waals surface area contributed by atoms with Gasteiger partial charge in [0.2, 0.25) is 0 Å². The van der Waals surface area contributed by atoms with Gasteiger partial charge in [-0.05, 0) is 31.6 Å². The maximum atomic E-state index is 6.10. The Hall–Kier alpha value is -1.10. The quantitative estimate of drug-likeness (QED) is 0.782. The topological polar surface area (TPSA) is 18.8 Å². The largest absolute Gasteiger partial charge is 0.302 e. The molecule has 0 saturated carbocycles. The van der Waals surface area contributed by atoms with Crippen LogP contribution in [0.25, 0.3) is 0 Å². The summed E-state index contributed by atoms with van der Waals surface area (Å²) in [6, 6.07) is 4.42. The van der Waals surface area contributed by atoms with E-state index >= 15 is 0 Å². The van der Waals surface area contributed by atoms with Crippen molar-refractivity contribution in [1.82, 2.24) is 9.91 Å². The van der Waals surface area contributed by atoms with Crippen LogP contribution in [0.5, 0.6) is 0 Å². The maximum absolute atomic E-state index is 6.10. The van der Waals surface area contributed by atoms with Gasteiger partial charge >= 0.3 is 0 Å². The third-order valence-corrected chi connectivity index (χ3v) is 5.58. The second-order valence-electron chi connectivity index (χ2n) is 5.54. The number of halogens is 1. The number of thiophene rings is 1. The predicted molar refractivity (Wildman–Crippen MR) is 96.0 cm³/mol. The number of likely N-dealkylation sites (N-methyl/N-ethyl adjacent to an activating group) is 1. The first-order valence-electron chi connectivity index (χ1n) is 7.93. The van der Waals surface area contributed by atoms with Crippen LogP contribution in [0.15, 0.2) is 41.0 Å². The molecule has 5 heteroatoms. The first-order valence-corrected chi connectivity index (χ1v) is 9.12. The highest BCUT2D eigenvalue weighted by Gasteiger charge is 2.33. The number of hydrogen-bond donors (Lipinski definition) is 0. The molecule has 0 saturated heterocycles. The fraction of sp³-hybridized carbons (Fsp3) is 0.471. The lowest BCUT2D eigenvalue weighted by molar-refractivity contribution is 0.200. The van der Waals surface area contributed by atoms with Gasteiger partial charge in [-0.1, -0.05) is 43.7 Å². The molecule has 118 valence electrons. The van der Waals surface area contributed by atoms with E-state index in [1.54, 1.807) is 11.3 Å². The minimum atomic E-state index is 0.386. The van der Waals surface area contributed by atoms with Crippen LogP contribution >= 0.6 is 22.9 Å². The zero-order chi connectivity index (χ0) is 15.5. The molecule has 0 N–H and O–H groups in total. The summed E-state index contributed by atoms with van der Waals surface area (Å²) in [6.45, 7) is 8.64. The average molecular weight is 336 g/mol. The molecule has 1 aliphatic carbocycles. The Bertz CT molecular complexity index is 613. The molecule has 1 atom stereocenters. The van der Waals surface area contributed by atoms with Crippen molar-refractivity contribution in [2.75, 3.05) is 26.2 Å². The normalized spacial score (nSPS) is 20.4. The van der Waals surface area contributed by atoms with Gasteiger partial charge in [-0.15, -0.1) is 11.3 Å². The van der Waals surface area contributed by atoms with Crippen molar-refractivity contribution in [3.8, 4) is 0 Å². The molecule has 0 amide bonds. The highest BCUT2D eigenvalue weighted by Crippen LogP contribution is 2.33. The van der Waals surface area contributed by atoms with Crippen molar-refractivity contribution in [3.05, 3.63) is 45.1 Å². The van der Waals surface area contributed by atoms with E-state index in [-0.39, 0.29) is 0 Å². The Morgan fingerprint density at radius 3 is 2.86 bits per heavy atom. The molecule has 1 aromatic heterocycles. The summed E-state index contributed by atoms with van der Waals surface area (Å²) < 4.78 is 0.822. The second-order valence-corrected chi connectivity index (χ2v) is 7.26. The molecule has 0 bridgehead atoms. The smallest absolute Gasteiger partial charge is 0.106 e. The zero-order valence-corrected chi connectivity index (χ0v) is 14.7. The summed E-state index contributed by atoms with van der Waals surface area (Å²) in [5.41, 5.74) is 2.44. The summed E-state index contributed by atoms with van der Waals surface area (Å²) in [5.74, 6) is 0. The minimum absolute atomic E-state index is 0.386. The highest BCUT2D eigenvalue weighted by atomic mass is 35.5. The molecule has 0 spiro atoms. The van der Waals surface area contributed by atoms with Gasteiger partial charge in [0.15, 0.2) is 0 Å². The molecule has 3 rings (SSSR count). The van der Waals surface area contributed by atoms with E-state index < -0.39 is 0 Å². The predicted octanol–water partition coefficient (Wildman–Crippen LogP) is 4.02. The van der Waals surface area contributed by atoms with Gasteiger partial charge in [0.1, 0.15) is 5.71 Å². The van der Waals surface area contributed by atoms with Gasteiger partial charge in [0.25, 0.3) is 0 Å². The SMILES string of the molecule is CCN(CC)CCN1N=C(c2ccc(Cl)s2)C2=CC=CCC21. The van der Waals surface area contributed by atoms with Gasteiger partial charge in [-0.2, -0.15) is 5.10 Å². The Balaban J connectivity index is 1.80. The molecule has 0 aromatic carbocycles. The van der Waals surface area contributed by atoms with Crippen molar-refractivity contribution < 1.29 is 0 Å². The van der Waals surface area contributed by atoms with Crippen molar-refractivity contribution in [2.24, 2.45) is 5.10 Å². The van der Waals surface area contributed by atoms with Crippen molar-refractivity contribution in [3.63, 3.8) is 0 Å². The lowest BCUT2D eigenvalue weighted by Gasteiger charge is -2.27. The van der Waals surface area contributed by atoms with E-state index in [1.807, 2.05) is 6.07 Å². The fourth-order valence-electron chi connectivity index (χ4n) is 3.01. The molecule has 2 aliphatic rings. The van der Waals surface area contributed by atoms with Crippen LogP contribution in [0.2, 0.25) is 4.34 Å². The molecule has 0 radical (unpaired) electrons. The van der Waals surface area contributed by atoms with Crippen molar-refractivity contribution in [1.29, 1.82) is 0 Å². The summed E-state index contributed by atoms with van der Waals surface area (Å²) in [5, 5.41) is 7.18. The minimum Gasteiger partial charge on any atom is -0.302 e. The lowest BCUT2D eigenvalue weighted by Crippen LogP contribution is -2.36. The molecule has 0 fully saturated rings. The first kappa shape index (κ1) is 15.8. The van der Waals surface area contributed by atoms with Crippen LogP contribution < -0.4 is 0 Å². The molecule has 2 heterocycles. The monoisotopic (exact) mass is 335 g/mol. The van der Waals surface area contributed by atoms with Crippen LogP contribution in [-0.4, -0.2) is 47.8 Å². The van der Waals surface area contributed by atoms with Crippen LogP contribution in [0.1, 0.15) is 25.1 Å². The molecular formula is C17H22ClN3S. The summed E-state index contributed by atoms with van der Waals surface area (Å²) in [7, 11) is 0. The molecule has 22 heavy (non-hydrogen) atoms. The fourth-order valence-corrected chi connectivity index (χ4v) is 4.06. The Labute approximate surface area is 141 Å². The Morgan fingerprint density at radius 2 is 2.18 bits per heavy atom. The zero-order valence-electron chi connectivity index (χ0n) is 13.1. The van der Waals surface area contributed by atoms with Crippen LogP contribution in [0.3, 0.4) is 0 Å². The molecule has 1 aromatic rings. The van der Waals surface area contributed by atoms with E-state index in [9.17, 15) is 0 Å². The van der Waals surface area contributed by atoms with E-state index in [4.69, 9.17) is 16.7 Å².